The van der Waals surface area contributed by atoms with Crippen molar-refractivity contribution >= 4 is 21.4 Å². The quantitative estimate of drug-likeness (QED) is 0.0606. The van der Waals surface area contributed by atoms with Gasteiger partial charge in [-0.05, 0) is 31.9 Å². The van der Waals surface area contributed by atoms with Crippen molar-refractivity contribution in [2.24, 2.45) is 0 Å². The van der Waals surface area contributed by atoms with Crippen LogP contribution in [-0.2, 0) is 13.3 Å². The van der Waals surface area contributed by atoms with E-state index in [0.717, 1.165) is 44.3 Å². The highest BCUT2D eigenvalue weighted by Gasteiger charge is 2.40. The normalized spacial score (nSPS) is 12.0. The Kier molecular flexibility index (Phi) is 28.4. The van der Waals surface area contributed by atoms with Crippen LogP contribution in [0.2, 0.25) is 6.04 Å². The molecule has 3 nitrogen and oxygen atoms in total. The molecule has 0 saturated heterocycles. The number of rotatable bonds is 29. The second-order valence-electron chi connectivity index (χ2n) is 10.0. The van der Waals surface area contributed by atoms with Gasteiger partial charge in [0.25, 0.3) is 0 Å². The van der Waals surface area contributed by atoms with E-state index in [0.29, 0.717) is 6.61 Å². The van der Waals surface area contributed by atoms with Crippen LogP contribution in [0.4, 0.5) is 0 Å². The first-order valence-corrected chi connectivity index (χ1v) is 17.8. The van der Waals surface area contributed by atoms with Crippen LogP contribution in [0.3, 0.4) is 0 Å². The molecule has 0 atom stereocenters. The molecule has 0 bridgehead atoms. The average molecular weight is 519 g/mol. The third-order valence-corrected chi connectivity index (χ3v) is 9.94. The molecule has 0 fully saturated rings. The highest BCUT2D eigenvalue weighted by atomic mass is 32.1. The predicted molar refractivity (Wildman–Crippen MR) is 156 cm³/mol. The molecule has 206 valence electrons. The zero-order valence-electron chi connectivity index (χ0n) is 23.6. The lowest BCUT2D eigenvalue weighted by molar-refractivity contribution is 0.0602. The molecular formula is C29H62O3SSi. The van der Waals surface area contributed by atoms with E-state index >= 15 is 0 Å². The monoisotopic (exact) mass is 518 g/mol. The molecule has 34 heavy (non-hydrogen) atoms. The van der Waals surface area contributed by atoms with Gasteiger partial charge in [0.15, 0.2) is 0 Å². The van der Waals surface area contributed by atoms with Gasteiger partial charge in [0.1, 0.15) is 0 Å². The van der Waals surface area contributed by atoms with Crippen molar-refractivity contribution in [3.63, 3.8) is 0 Å². The molecule has 0 rings (SSSR count). The number of hydrogen-bond acceptors (Lipinski definition) is 4. The Labute approximate surface area is 221 Å². The summed E-state index contributed by atoms with van der Waals surface area (Å²) in [5.74, 6) is 0.866. The van der Waals surface area contributed by atoms with Crippen LogP contribution in [0.15, 0.2) is 0 Å². The lowest BCUT2D eigenvalue weighted by Crippen LogP contribution is -2.46. The Morgan fingerprint density at radius 2 is 0.794 bits per heavy atom. The predicted octanol–water partition coefficient (Wildman–Crippen LogP) is 10.2. The Hall–Kier alpha value is 0.447. The van der Waals surface area contributed by atoms with Gasteiger partial charge in [0.05, 0.1) is 0 Å². The molecule has 0 aromatic rings. The molecule has 0 saturated carbocycles. The summed E-state index contributed by atoms with van der Waals surface area (Å²) in [4.78, 5) is 0. The number of hydrogen-bond donors (Lipinski definition) is 1. The van der Waals surface area contributed by atoms with E-state index in [1.807, 2.05) is 0 Å². The molecule has 0 aromatic carbocycles. The maximum Gasteiger partial charge on any atom is 0.500 e. The summed E-state index contributed by atoms with van der Waals surface area (Å²) in [6.07, 6.45) is 27.9. The van der Waals surface area contributed by atoms with Crippen molar-refractivity contribution in [2.75, 3.05) is 25.6 Å². The topological polar surface area (TPSA) is 27.7 Å². The Bertz CT molecular complexity index is 358. The largest absolute Gasteiger partial charge is 0.500 e. The zero-order valence-corrected chi connectivity index (χ0v) is 25.5. The third-order valence-electron chi connectivity index (χ3n) is 6.65. The van der Waals surface area contributed by atoms with Crippen LogP contribution in [-0.4, -0.2) is 34.4 Å². The molecule has 0 aliphatic carbocycles. The fraction of sp³-hybridized carbons (Fsp3) is 1.00. The number of unbranched alkanes of at least 4 members (excludes halogenated alkanes) is 18. The van der Waals surface area contributed by atoms with Crippen molar-refractivity contribution in [1.29, 1.82) is 0 Å². The van der Waals surface area contributed by atoms with E-state index in [-0.39, 0.29) is 0 Å². The fourth-order valence-electron chi connectivity index (χ4n) is 4.49. The summed E-state index contributed by atoms with van der Waals surface area (Å²) >= 11 is 4.42. The lowest BCUT2D eigenvalue weighted by Gasteiger charge is -2.29. The Morgan fingerprint density at radius 1 is 0.441 bits per heavy atom. The molecular weight excluding hydrogens is 456 g/mol. The van der Waals surface area contributed by atoms with Gasteiger partial charge in [-0.3, -0.25) is 0 Å². The van der Waals surface area contributed by atoms with E-state index < -0.39 is 8.80 Å². The highest BCUT2D eigenvalue weighted by Crippen LogP contribution is 2.21. The number of thiol groups is 1. The van der Waals surface area contributed by atoms with Gasteiger partial charge in [-0.1, -0.05) is 129 Å². The molecule has 0 aliphatic rings. The maximum absolute atomic E-state index is 6.40. The SMILES string of the molecule is CCCCCCCCCCCCO[Si](CCCS)(OCC)OCCCCCCCCCCCC. The van der Waals surface area contributed by atoms with Crippen LogP contribution in [0.5, 0.6) is 0 Å². The van der Waals surface area contributed by atoms with E-state index in [9.17, 15) is 0 Å². The van der Waals surface area contributed by atoms with Gasteiger partial charge in [-0.15, -0.1) is 0 Å². The molecule has 0 spiro atoms. The maximum atomic E-state index is 6.40. The summed E-state index contributed by atoms with van der Waals surface area (Å²) in [5, 5.41) is 0. The molecule has 0 heterocycles. The summed E-state index contributed by atoms with van der Waals surface area (Å²) in [6, 6.07) is 0.903. The van der Waals surface area contributed by atoms with Crippen LogP contribution < -0.4 is 0 Å². The van der Waals surface area contributed by atoms with Gasteiger partial charge in [-0.25, -0.2) is 0 Å². The van der Waals surface area contributed by atoms with Crippen molar-refractivity contribution in [1.82, 2.24) is 0 Å². The summed E-state index contributed by atoms with van der Waals surface area (Å²) in [6.45, 7) is 8.88. The van der Waals surface area contributed by atoms with Crippen LogP contribution >= 0.6 is 12.6 Å². The van der Waals surface area contributed by atoms with Gasteiger partial charge < -0.3 is 13.3 Å². The molecule has 0 radical (unpaired) electrons. The van der Waals surface area contributed by atoms with Crippen LogP contribution in [0.1, 0.15) is 156 Å². The summed E-state index contributed by atoms with van der Waals surface area (Å²) in [7, 11) is -2.55. The smallest absolute Gasteiger partial charge is 0.374 e. The molecule has 0 unspecified atom stereocenters. The van der Waals surface area contributed by atoms with Crippen molar-refractivity contribution < 1.29 is 13.3 Å². The van der Waals surface area contributed by atoms with Crippen LogP contribution in [0, 0.1) is 0 Å². The lowest BCUT2D eigenvalue weighted by atomic mass is 10.1. The third kappa shape index (κ3) is 22.9. The molecule has 0 aliphatic heterocycles. The fourth-order valence-corrected chi connectivity index (χ4v) is 7.59. The van der Waals surface area contributed by atoms with Gasteiger partial charge >= 0.3 is 8.80 Å². The average Bonchev–Trinajstić information content (AvgIpc) is 2.84. The second kappa shape index (κ2) is 28.0. The highest BCUT2D eigenvalue weighted by molar-refractivity contribution is 7.80. The van der Waals surface area contributed by atoms with Gasteiger partial charge in [0, 0.05) is 25.9 Å². The first-order valence-electron chi connectivity index (χ1n) is 15.3. The van der Waals surface area contributed by atoms with E-state index in [1.54, 1.807) is 0 Å². The van der Waals surface area contributed by atoms with Crippen molar-refractivity contribution in [3.8, 4) is 0 Å². The van der Waals surface area contributed by atoms with Crippen molar-refractivity contribution in [2.45, 2.75) is 162 Å². The molecule has 0 aromatic heterocycles. The minimum absolute atomic E-state index is 0.675. The standard InChI is InChI=1S/C29H62O3SSi/c1-4-7-9-11-13-15-17-19-21-23-26-31-34(30-6-3,29-25-28-33)32-27-24-22-20-18-16-14-12-10-8-5-2/h33H,4-29H2,1-3H3. The van der Waals surface area contributed by atoms with E-state index in [1.165, 1.54) is 116 Å². The molecule has 0 N–H and O–H groups in total. The minimum Gasteiger partial charge on any atom is -0.374 e. The first kappa shape index (κ1) is 34.4. The van der Waals surface area contributed by atoms with Crippen molar-refractivity contribution in [3.05, 3.63) is 0 Å². The van der Waals surface area contributed by atoms with E-state index in [2.05, 4.69) is 33.4 Å². The molecule has 0 amide bonds. The summed E-state index contributed by atoms with van der Waals surface area (Å²) in [5.41, 5.74) is 0. The Morgan fingerprint density at radius 3 is 1.12 bits per heavy atom. The van der Waals surface area contributed by atoms with Gasteiger partial charge in [-0.2, -0.15) is 12.6 Å². The van der Waals surface area contributed by atoms with Gasteiger partial charge in [0.2, 0.25) is 0 Å². The molecule has 5 heteroatoms. The minimum atomic E-state index is -2.55. The second-order valence-corrected chi connectivity index (χ2v) is 13.2. The first-order chi connectivity index (χ1) is 16.7. The van der Waals surface area contributed by atoms with E-state index in [4.69, 9.17) is 13.3 Å². The zero-order chi connectivity index (χ0) is 25.0. The Balaban J connectivity index is 3.99. The summed E-state index contributed by atoms with van der Waals surface area (Å²) < 4.78 is 19.0. The van der Waals surface area contributed by atoms with Crippen LogP contribution in [0.25, 0.3) is 0 Å².